The number of rotatable bonds is 23. The molecule has 2 heterocycles. The molecule has 8 aromatic rings. The summed E-state index contributed by atoms with van der Waals surface area (Å²) in [6.07, 6.45) is 32.9. The molecule has 0 aliphatic heterocycles. The van der Waals surface area contributed by atoms with Crippen LogP contribution in [0.25, 0.3) is 0 Å². The van der Waals surface area contributed by atoms with Crippen molar-refractivity contribution >= 4 is 0 Å². The topological polar surface area (TPSA) is 160 Å². The zero-order chi connectivity index (χ0) is 112. The molecular formula is C131H224N6O9. The maximum atomic E-state index is 12.1. The Hall–Kier alpha value is -7.98. The fourth-order valence-electron chi connectivity index (χ4n) is 18.6. The van der Waals surface area contributed by atoms with Crippen molar-refractivity contribution in [2.45, 2.75) is 488 Å². The molecule has 4 fully saturated rings. The quantitative estimate of drug-likeness (QED) is 0.0568. The van der Waals surface area contributed by atoms with Gasteiger partial charge in [0.05, 0.1) is 13.2 Å². The van der Waals surface area contributed by atoms with Crippen LogP contribution in [-0.4, -0.2) is 67.0 Å². The molecule has 6 unspecified atom stereocenters. The highest BCUT2D eigenvalue weighted by Gasteiger charge is 2.38. The number of hydrogen-bond acceptors (Lipinski definition) is 9. The number of benzene rings is 6. The van der Waals surface area contributed by atoms with Gasteiger partial charge in [0.1, 0.15) is 0 Å². The van der Waals surface area contributed by atoms with Crippen LogP contribution in [0.3, 0.4) is 0 Å². The van der Waals surface area contributed by atoms with Gasteiger partial charge in [0.15, 0.2) is 0 Å². The molecule has 0 saturated heterocycles. The van der Waals surface area contributed by atoms with E-state index in [0.717, 1.165) is 128 Å². The molecule has 146 heavy (non-hydrogen) atoms. The molecule has 6 atom stereocenters. The number of ether oxygens (including phenoxy) is 3. The van der Waals surface area contributed by atoms with E-state index >= 15 is 0 Å². The number of aryl methyl sites for hydroxylation is 9. The molecule has 4 aliphatic rings. The summed E-state index contributed by atoms with van der Waals surface area (Å²) in [7, 11) is 0. The summed E-state index contributed by atoms with van der Waals surface area (Å²) in [6, 6.07) is 50.2. The van der Waals surface area contributed by atoms with Gasteiger partial charge in [0.2, 0.25) is 0 Å². The van der Waals surface area contributed by atoms with Gasteiger partial charge in [-0.2, -0.15) is 0 Å². The minimum absolute atomic E-state index is 0.251. The highest BCUT2D eigenvalue weighted by Crippen LogP contribution is 2.50. The maximum Gasteiger partial charge on any atom is 0.336 e. The normalized spacial score (nSPS) is 17.9. The van der Waals surface area contributed by atoms with E-state index in [2.05, 4.69) is 347 Å². The molecule has 0 radical (unpaired) electrons. The molecular weight excluding hydrogens is 1800 g/mol. The molecule has 4 aliphatic carbocycles. The van der Waals surface area contributed by atoms with Crippen LogP contribution in [0, 0.1) is 106 Å². The van der Waals surface area contributed by atoms with Crippen molar-refractivity contribution in [1.29, 1.82) is 0 Å². The van der Waals surface area contributed by atoms with E-state index in [9.17, 15) is 28.8 Å². The van der Waals surface area contributed by atoms with Gasteiger partial charge < -0.3 is 14.2 Å². The fourth-order valence-corrected chi connectivity index (χ4v) is 18.6. The van der Waals surface area contributed by atoms with Gasteiger partial charge in [-0.1, -0.05) is 437 Å². The SMILES string of the molecule is CC(C)(C)c1cccc(C(C)(C)C)c1.CC1CCC(C)CC1.CC1CCCC(C)C1.CCC(C)(C)C.CCC1(C)CC(C)CC(C)(C)C1.CCC1CCCC(CC)C1.CCCn1c(=O)n(CCC)c(=O)n(CCC)c1=O.CCOCC.CCOCCOCC.CCc1cccc(CC)c1.CCn1c(=O)n(CC)c(=O)n(CC)c1=O.Cc1ccc(C)c(C)c1.Cc1ccc(Cc2ccc(C)cc2)cc1.Cc1cccc(C)c1. The minimum Gasteiger partial charge on any atom is -0.382 e. The van der Waals surface area contributed by atoms with Gasteiger partial charge >= 0.3 is 34.1 Å². The van der Waals surface area contributed by atoms with E-state index in [1.54, 1.807) is 20.8 Å². The van der Waals surface area contributed by atoms with E-state index in [-0.39, 0.29) is 30.5 Å². The Morgan fingerprint density at radius 3 is 0.932 bits per heavy atom. The largest absolute Gasteiger partial charge is 0.382 e. The average Bonchev–Trinajstić information content (AvgIpc) is 0.790. The summed E-state index contributed by atoms with van der Waals surface area (Å²) in [6.45, 7) is 93.2. The Balaban J connectivity index is 0. The van der Waals surface area contributed by atoms with Gasteiger partial charge in [-0.15, -0.1) is 0 Å². The van der Waals surface area contributed by atoms with E-state index in [1.165, 1.54) is 194 Å². The van der Waals surface area contributed by atoms with E-state index in [1.807, 2.05) is 48.5 Å². The number of hydrogen-bond donors (Lipinski definition) is 0. The fraction of sp³-hybridized carbons (Fsp3) is 0.679. The van der Waals surface area contributed by atoms with Crippen molar-refractivity contribution in [1.82, 2.24) is 27.4 Å². The molecule has 0 N–H and O–H groups in total. The third-order valence-electron chi connectivity index (χ3n) is 28.2. The summed E-state index contributed by atoms with van der Waals surface area (Å²) >= 11 is 0. The molecule has 0 amide bonds. The lowest BCUT2D eigenvalue weighted by Gasteiger charge is -2.45. The van der Waals surface area contributed by atoms with Crippen molar-refractivity contribution in [3.63, 3.8) is 0 Å². The lowest BCUT2D eigenvalue weighted by molar-refractivity contribution is 0.0581. The summed E-state index contributed by atoms with van der Waals surface area (Å²) in [5.41, 5.74) is 17.1. The van der Waals surface area contributed by atoms with Gasteiger partial charge in [-0.25, -0.2) is 56.2 Å². The van der Waals surface area contributed by atoms with Crippen molar-refractivity contribution in [3.8, 4) is 0 Å². The van der Waals surface area contributed by atoms with E-state index in [4.69, 9.17) is 14.2 Å². The Labute approximate surface area is 895 Å². The monoisotopic (exact) mass is 2030 g/mol. The predicted octanol–water partition coefficient (Wildman–Crippen LogP) is 33.6. The Kier molecular flexibility index (Phi) is 74.2. The van der Waals surface area contributed by atoms with Gasteiger partial charge in [-0.05, 0) is 281 Å². The van der Waals surface area contributed by atoms with Crippen LogP contribution in [0.2, 0.25) is 0 Å². The Morgan fingerprint density at radius 2 is 0.664 bits per heavy atom. The summed E-state index contributed by atoms with van der Waals surface area (Å²) < 4.78 is 21.5. The lowest BCUT2D eigenvalue weighted by atomic mass is 9.60. The van der Waals surface area contributed by atoms with Crippen LogP contribution in [-0.2, 0) is 83.6 Å². The highest BCUT2D eigenvalue weighted by atomic mass is 16.5. The molecule has 0 spiro atoms. The van der Waals surface area contributed by atoms with E-state index in [0.29, 0.717) is 55.1 Å². The van der Waals surface area contributed by atoms with Crippen molar-refractivity contribution in [2.24, 2.45) is 57.7 Å². The minimum atomic E-state index is -0.528. The first-order valence-corrected chi connectivity index (χ1v) is 57.7. The number of aromatic nitrogens is 6. The maximum absolute atomic E-state index is 12.1. The third-order valence-corrected chi connectivity index (χ3v) is 28.2. The first-order valence-electron chi connectivity index (χ1n) is 57.7. The van der Waals surface area contributed by atoms with Crippen LogP contribution < -0.4 is 34.1 Å². The average molecular weight is 2030 g/mol. The predicted molar refractivity (Wildman–Crippen MR) is 637 cm³/mol. The molecule has 0 bridgehead atoms. The van der Waals surface area contributed by atoms with Crippen molar-refractivity contribution in [2.75, 3.05) is 39.6 Å². The zero-order valence-electron chi connectivity index (χ0n) is 102. The van der Waals surface area contributed by atoms with Crippen LogP contribution in [0.1, 0.15) is 442 Å². The lowest BCUT2D eigenvalue weighted by Crippen LogP contribution is -2.54. The summed E-state index contributed by atoms with van der Waals surface area (Å²) in [5, 5.41) is 0. The molecule has 6 aromatic carbocycles. The zero-order valence-corrected chi connectivity index (χ0v) is 102. The van der Waals surface area contributed by atoms with Crippen molar-refractivity contribution in [3.05, 3.63) is 275 Å². The standard InChI is InChI=1S/C15H16.C14H22.C12H21N3O3.C12H24.C10H20.C10H14.C9H15N3O3.C9H12.2C8H16.C8H10.C6H14O2.C6H14.C4H10O/c1-12-3-7-14(8-4-12)11-15-9-5-13(2)6-10-15;1-13(2,3)11-8-7-9-12(10-11)14(4,5)6;1-4-7-13-10(16)14(8-5-2)12(18)15(9-6-3)11(13)17;1-6-12(5)8-10(2)7-11(3,4)9-12;2*1-3-9-6-5-7-10(4-2)8-9;1-4-10-7(13)11(5-2)9(15)12(6-3)8(10)14;1-7-4-5-8(2)9(3)6-7;1-7-3-5-8(2)6-4-7;2*1-7-4-3-5-8(2)6-7;1-3-7-5-6-8-4-2;1-5-6(2,3)4;1-3-5-4-2/h3-10H,11H2,1-2H3;7-10H,1-6H3;4-9H2,1-3H3;10H,6-9H2,1-5H3;9-10H,3-8H2,1-2H3;5-8H,3-4H2,1-2H3;4-6H2,1-3H3;4-6H,1-3H3;2*7-8H,3-6H2,1-2H3;3-6H,1-2H3;3-6H2,1-2H3;5H2,1-4H3;3-4H2,1-2H3. The highest BCUT2D eigenvalue weighted by molar-refractivity contribution is 5.33. The molecule has 832 valence electrons. The summed E-state index contributed by atoms with van der Waals surface area (Å²) in [5.74, 6) is 7.13. The van der Waals surface area contributed by atoms with E-state index < -0.39 is 34.1 Å². The van der Waals surface area contributed by atoms with Crippen molar-refractivity contribution < 1.29 is 14.2 Å². The smallest absolute Gasteiger partial charge is 0.336 e. The second kappa shape index (κ2) is 77.4. The summed E-state index contributed by atoms with van der Waals surface area (Å²) in [4.78, 5) is 71.1. The molecule has 4 saturated carbocycles. The second-order valence-corrected chi connectivity index (χ2v) is 46.5. The molecule has 2 aromatic heterocycles. The second-order valence-electron chi connectivity index (χ2n) is 46.5. The van der Waals surface area contributed by atoms with Crippen LogP contribution >= 0.6 is 0 Å². The van der Waals surface area contributed by atoms with Gasteiger partial charge in [0.25, 0.3) is 0 Å². The van der Waals surface area contributed by atoms with Crippen LogP contribution in [0.5, 0.6) is 0 Å². The molecule has 15 heteroatoms. The Bertz CT molecular complexity index is 4700. The number of nitrogens with zero attached hydrogens (tertiary/aromatic N) is 6. The molecule has 15 nitrogen and oxygen atoms in total. The first-order chi connectivity index (χ1) is 68.7. The van der Waals surface area contributed by atoms with Crippen LogP contribution in [0.15, 0.2) is 168 Å². The molecule has 12 rings (SSSR count). The van der Waals surface area contributed by atoms with Gasteiger partial charge in [-0.3, -0.25) is 0 Å². The first kappa shape index (κ1) is 140. The third kappa shape index (κ3) is 61.4. The van der Waals surface area contributed by atoms with Crippen LogP contribution in [0.4, 0.5) is 0 Å². The Morgan fingerprint density at radius 1 is 0.329 bits per heavy atom. The van der Waals surface area contributed by atoms with Gasteiger partial charge in [0, 0.05) is 65.7 Å².